The lowest BCUT2D eigenvalue weighted by Gasteiger charge is -2.40. The van der Waals surface area contributed by atoms with E-state index in [1.807, 2.05) is 6.92 Å². The quantitative estimate of drug-likeness (QED) is 0.655. The molecule has 0 aliphatic carbocycles. The highest BCUT2D eigenvalue weighted by Gasteiger charge is 2.43. The van der Waals surface area contributed by atoms with Crippen LogP contribution in [0.25, 0.3) is 0 Å². The molecule has 0 saturated carbocycles. The van der Waals surface area contributed by atoms with Crippen LogP contribution in [0.4, 0.5) is 0 Å². The Morgan fingerprint density at radius 3 is 2.80 bits per heavy atom. The maximum atomic E-state index is 5.90. The smallest absolute Gasteiger partial charge is 0.0743 e. The van der Waals surface area contributed by atoms with E-state index in [2.05, 4.69) is 18.9 Å². The van der Waals surface area contributed by atoms with Crippen LogP contribution in [0.15, 0.2) is 0 Å². The van der Waals surface area contributed by atoms with Gasteiger partial charge in [-0.25, -0.2) is 0 Å². The van der Waals surface area contributed by atoms with Gasteiger partial charge >= 0.3 is 0 Å². The summed E-state index contributed by atoms with van der Waals surface area (Å²) in [5.74, 6) is 0. The number of nitrogens with zero attached hydrogens (tertiary/aromatic N) is 1. The summed E-state index contributed by atoms with van der Waals surface area (Å²) in [6.07, 6.45) is 1.24. The molecule has 1 rings (SSSR count). The van der Waals surface area contributed by atoms with Gasteiger partial charge in [0, 0.05) is 26.3 Å². The van der Waals surface area contributed by atoms with E-state index in [9.17, 15) is 0 Å². The first kappa shape index (κ1) is 12.9. The molecule has 0 bridgehead atoms. The minimum atomic E-state index is 0.0110. The standard InChI is InChI=1S/C11H24N2O2/c1-4-14-8-6-13(3)11(9-12)5-7-15-10(11)2/h10H,4-9,12H2,1-3H3. The first-order chi connectivity index (χ1) is 7.17. The maximum absolute atomic E-state index is 5.90. The van der Waals surface area contributed by atoms with Crippen LogP contribution in [0.5, 0.6) is 0 Å². The SMILES string of the molecule is CCOCCN(C)C1(CN)CCOC1C. The first-order valence-electron chi connectivity index (χ1n) is 5.78. The Morgan fingerprint density at radius 1 is 1.60 bits per heavy atom. The van der Waals surface area contributed by atoms with Gasteiger partial charge < -0.3 is 15.2 Å². The monoisotopic (exact) mass is 216 g/mol. The lowest BCUT2D eigenvalue weighted by molar-refractivity contribution is 0.0129. The predicted octanol–water partition coefficient (Wildman–Crippen LogP) is 0.461. The molecule has 0 radical (unpaired) electrons. The van der Waals surface area contributed by atoms with Crippen molar-refractivity contribution >= 4 is 0 Å². The zero-order valence-electron chi connectivity index (χ0n) is 10.2. The van der Waals surface area contributed by atoms with Crippen molar-refractivity contribution in [3.8, 4) is 0 Å². The fourth-order valence-corrected chi connectivity index (χ4v) is 2.26. The average Bonchev–Trinajstić information content (AvgIpc) is 2.61. The molecule has 1 fully saturated rings. The van der Waals surface area contributed by atoms with Crippen molar-refractivity contribution < 1.29 is 9.47 Å². The summed E-state index contributed by atoms with van der Waals surface area (Å²) in [5.41, 5.74) is 5.91. The van der Waals surface area contributed by atoms with Gasteiger partial charge in [-0.3, -0.25) is 4.90 Å². The third-order valence-corrected chi connectivity index (χ3v) is 3.55. The molecule has 1 aliphatic rings. The van der Waals surface area contributed by atoms with Crippen molar-refractivity contribution in [2.45, 2.75) is 31.9 Å². The van der Waals surface area contributed by atoms with Gasteiger partial charge in [0.15, 0.2) is 0 Å². The largest absolute Gasteiger partial charge is 0.380 e. The Morgan fingerprint density at radius 2 is 2.33 bits per heavy atom. The highest BCUT2D eigenvalue weighted by atomic mass is 16.5. The molecule has 0 aromatic heterocycles. The number of hydrogen-bond donors (Lipinski definition) is 1. The topological polar surface area (TPSA) is 47.7 Å². The molecule has 2 unspecified atom stereocenters. The van der Waals surface area contributed by atoms with Gasteiger partial charge in [0.25, 0.3) is 0 Å². The molecule has 0 spiro atoms. The average molecular weight is 216 g/mol. The zero-order chi connectivity index (χ0) is 11.3. The Kier molecular flexibility index (Phi) is 4.99. The maximum Gasteiger partial charge on any atom is 0.0743 e. The van der Waals surface area contributed by atoms with Crippen molar-refractivity contribution in [3.63, 3.8) is 0 Å². The second kappa shape index (κ2) is 5.80. The van der Waals surface area contributed by atoms with Crippen LogP contribution in [0, 0.1) is 0 Å². The molecule has 4 heteroatoms. The molecule has 1 heterocycles. The summed E-state index contributed by atoms with van der Waals surface area (Å²) < 4.78 is 11.0. The molecule has 2 atom stereocenters. The zero-order valence-corrected chi connectivity index (χ0v) is 10.2. The second-order valence-corrected chi connectivity index (χ2v) is 4.19. The molecule has 4 nitrogen and oxygen atoms in total. The highest BCUT2D eigenvalue weighted by molar-refractivity contribution is 4.99. The van der Waals surface area contributed by atoms with Crippen molar-refractivity contribution in [2.75, 3.05) is 40.0 Å². The van der Waals surface area contributed by atoms with Gasteiger partial charge in [0.05, 0.1) is 18.2 Å². The van der Waals surface area contributed by atoms with E-state index in [0.29, 0.717) is 6.54 Å². The van der Waals surface area contributed by atoms with E-state index in [4.69, 9.17) is 15.2 Å². The van der Waals surface area contributed by atoms with Crippen LogP contribution in [-0.2, 0) is 9.47 Å². The summed E-state index contributed by atoms with van der Waals surface area (Å²) in [4.78, 5) is 2.29. The fourth-order valence-electron chi connectivity index (χ4n) is 2.26. The normalized spacial score (nSPS) is 31.4. The summed E-state index contributed by atoms with van der Waals surface area (Å²) in [7, 11) is 2.11. The number of ether oxygens (including phenoxy) is 2. The summed E-state index contributed by atoms with van der Waals surface area (Å²) >= 11 is 0. The molecule has 2 N–H and O–H groups in total. The second-order valence-electron chi connectivity index (χ2n) is 4.19. The molecule has 90 valence electrons. The van der Waals surface area contributed by atoms with Crippen LogP contribution in [0.1, 0.15) is 20.3 Å². The first-order valence-corrected chi connectivity index (χ1v) is 5.78. The van der Waals surface area contributed by atoms with Crippen LogP contribution in [0.3, 0.4) is 0 Å². The van der Waals surface area contributed by atoms with Crippen LogP contribution >= 0.6 is 0 Å². The number of nitrogens with two attached hydrogens (primary N) is 1. The third-order valence-electron chi connectivity index (χ3n) is 3.55. The lowest BCUT2D eigenvalue weighted by Crippen LogP contribution is -2.57. The minimum absolute atomic E-state index is 0.0110. The molecular formula is C11H24N2O2. The van der Waals surface area contributed by atoms with Crippen molar-refractivity contribution in [2.24, 2.45) is 5.73 Å². The van der Waals surface area contributed by atoms with E-state index in [1.165, 1.54) is 0 Å². The Balaban J connectivity index is 2.49. The summed E-state index contributed by atoms with van der Waals surface area (Å²) in [6.45, 7) is 8.04. The van der Waals surface area contributed by atoms with Gasteiger partial charge in [0.2, 0.25) is 0 Å². The van der Waals surface area contributed by atoms with E-state index >= 15 is 0 Å². The molecule has 0 aromatic rings. The van der Waals surface area contributed by atoms with Crippen molar-refractivity contribution in [3.05, 3.63) is 0 Å². The van der Waals surface area contributed by atoms with E-state index < -0.39 is 0 Å². The van der Waals surface area contributed by atoms with Crippen molar-refractivity contribution in [1.82, 2.24) is 4.90 Å². The molecule has 1 aliphatic heterocycles. The number of rotatable bonds is 6. The van der Waals surface area contributed by atoms with Gasteiger partial charge in [-0.15, -0.1) is 0 Å². The minimum Gasteiger partial charge on any atom is -0.380 e. The summed E-state index contributed by atoms with van der Waals surface area (Å²) in [6, 6.07) is 0. The molecule has 0 amide bonds. The molecule has 0 aromatic carbocycles. The number of likely N-dealkylation sites (N-methyl/N-ethyl adjacent to an activating group) is 1. The molecule has 15 heavy (non-hydrogen) atoms. The Bertz CT molecular complexity index is 189. The van der Waals surface area contributed by atoms with Crippen LogP contribution < -0.4 is 5.73 Å². The third kappa shape index (κ3) is 2.69. The predicted molar refractivity (Wildman–Crippen MR) is 60.9 cm³/mol. The van der Waals surface area contributed by atoms with Crippen LogP contribution in [0.2, 0.25) is 0 Å². The van der Waals surface area contributed by atoms with Gasteiger partial charge in [-0.1, -0.05) is 0 Å². The van der Waals surface area contributed by atoms with E-state index in [0.717, 1.165) is 32.8 Å². The lowest BCUT2D eigenvalue weighted by atomic mass is 9.90. The van der Waals surface area contributed by atoms with Crippen molar-refractivity contribution in [1.29, 1.82) is 0 Å². The fraction of sp³-hybridized carbons (Fsp3) is 1.00. The Labute approximate surface area is 92.7 Å². The van der Waals surface area contributed by atoms with Crippen LogP contribution in [-0.4, -0.2) is 56.5 Å². The molecular weight excluding hydrogens is 192 g/mol. The van der Waals surface area contributed by atoms with Gasteiger partial charge in [-0.05, 0) is 27.3 Å². The van der Waals surface area contributed by atoms with Gasteiger partial charge in [-0.2, -0.15) is 0 Å². The van der Waals surface area contributed by atoms with E-state index in [-0.39, 0.29) is 11.6 Å². The molecule has 1 saturated heterocycles. The Hall–Kier alpha value is -0.160. The highest BCUT2D eigenvalue weighted by Crippen LogP contribution is 2.29. The van der Waals surface area contributed by atoms with Gasteiger partial charge in [0.1, 0.15) is 0 Å². The number of hydrogen-bond acceptors (Lipinski definition) is 4. The summed E-state index contributed by atoms with van der Waals surface area (Å²) in [5, 5.41) is 0. The van der Waals surface area contributed by atoms with E-state index in [1.54, 1.807) is 0 Å².